The number of H-pyrrole nitrogens is 1. The molecule has 1 aromatic heterocycles. The molecule has 0 bridgehead atoms. The molecular weight excluding hydrogens is 242 g/mol. The highest BCUT2D eigenvalue weighted by Crippen LogP contribution is 2.19. The third kappa shape index (κ3) is 3.45. The van der Waals surface area contributed by atoms with Crippen LogP contribution < -0.4 is 15.2 Å². The van der Waals surface area contributed by atoms with Gasteiger partial charge >= 0.3 is 5.97 Å². The van der Waals surface area contributed by atoms with Gasteiger partial charge in [0.2, 0.25) is 5.75 Å². The van der Waals surface area contributed by atoms with Crippen LogP contribution >= 0.6 is 0 Å². The Kier molecular flexibility index (Phi) is 5.12. The minimum Gasteiger partial charge on any atom is -0.489 e. The first kappa shape index (κ1) is 14.0. The van der Waals surface area contributed by atoms with Crippen LogP contribution in [-0.2, 0) is 9.53 Å². The summed E-state index contributed by atoms with van der Waals surface area (Å²) < 4.78 is 9.83. The van der Waals surface area contributed by atoms with Gasteiger partial charge in [0.25, 0.3) is 5.56 Å². The monoisotopic (exact) mass is 257 g/mol. The lowest BCUT2D eigenvalue weighted by Crippen LogP contribution is -2.34. The molecule has 8 heteroatoms. The summed E-state index contributed by atoms with van der Waals surface area (Å²) in [6.45, 7) is 0.302. The summed E-state index contributed by atoms with van der Waals surface area (Å²) >= 11 is 0. The molecule has 0 aliphatic rings. The lowest BCUT2D eigenvalue weighted by molar-refractivity contribution is -0.135. The fraction of sp³-hybridized carbons (Fsp3) is 0.500. The highest BCUT2D eigenvalue weighted by molar-refractivity contribution is 5.74. The maximum absolute atomic E-state index is 11.5. The van der Waals surface area contributed by atoms with Crippen LogP contribution in [0.1, 0.15) is 0 Å². The maximum atomic E-state index is 11.5. The predicted octanol–water partition coefficient (Wildman–Crippen LogP) is -0.684. The maximum Gasteiger partial charge on any atom is 0.323 e. The van der Waals surface area contributed by atoms with E-state index in [0.717, 1.165) is 0 Å². The second-order valence-corrected chi connectivity index (χ2v) is 3.40. The van der Waals surface area contributed by atoms with Crippen molar-refractivity contribution in [2.75, 3.05) is 38.8 Å². The van der Waals surface area contributed by atoms with Crippen LogP contribution in [0.5, 0.6) is 5.75 Å². The molecule has 1 rings (SSSR count). The number of carboxylic acid groups (broad SMARTS) is 1. The van der Waals surface area contributed by atoms with Crippen molar-refractivity contribution in [1.82, 2.24) is 9.97 Å². The Morgan fingerprint density at radius 3 is 2.83 bits per heavy atom. The van der Waals surface area contributed by atoms with E-state index in [1.807, 2.05) is 0 Å². The molecule has 1 heterocycles. The number of nitrogens with one attached hydrogen (secondary N) is 1. The molecule has 0 fully saturated rings. The molecule has 0 atom stereocenters. The molecule has 0 aliphatic carbocycles. The largest absolute Gasteiger partial charge is 0.489 e. The van der Waals surface area contributed by atoms with Gasteiger partial charge in [-0.25, -0.2) is 4.98 Å². The van der Waals surface area contributed by atoms with Crippen molar-refractivity contribution < 1.29 is 19.4 Å². The topological polar surface area (TPSA) is 105 Å². The number of ether oxygens (including phenoxy) is 2. The van der Waals surface area contributed by atoms with Gasteiger partial charge < -0.3 is 24.5 Å². The molecule has 2 N–H and O–H groups in total. The van der Waals surface area contributed by atoms with Crippen molar-refractivity contribution in [3.63, 3.8) is 0 Å². The molecule has 0 spiro atoms. The van der Waals surface area contributed by atoms with Gasteiger partial charge in [-0.05, 0) is 0 Å². The van der Waals surface area contributed by atoms with Gasteiger partial charge in [0.1, 0.15) is 6.54 Å². The van der Waals surface area contributed by atoms with E-state index in [2.05, 4.69) is 9.97 Å². The smallest absolute Gasteiger partial charge is 0.323 e. The van der Waals surface area contributed by atoms with Crippen LogP contribution in [0.4, 0.5) is 5.82 Å². The summed E-state index contributed by atoms with van der Waals surface area (Å²) in [7, 11) is 2.83. The number of carbonyl (C=O) groups is 1. The Bertz CT molecular complexity index is 459. The summed E-state index contributed by atoms with van der Waals surface area (Å²) in [5.41, 5.74) is -0.463. The fourth-order valence-corrected chi connectivity index (χ4v) is 1.41. The number of hydrogen-bond donors (Lipinski definition) is 2. The van der Waals surface area contributed by atoms with E-state index in [0.29, 0.717) is 6.61 Å². The molecule has 100 valence electrons. The first-order chi connectivity index (χ1) is 8.60. The zero-order valence-electron chi connectivity index (χ0n) is 10.2. The summed E-state index contributed by atoms with van der Waals surface area (Å²) in [6, 6.07) is 0. The summed E-state index contributed by atoms with van der Waals surface area (Å²) in [5, 5.41) is 8.84. The SMILES string of the molecule is COCCN(CC(=O)O)c1nc[nH]c(=O)c1OC. The summed E-state index contributed by atoms with van der Waals surface area (Å²) in [5.74, 6) is -0.870. The second kappa shape index (κ2) is 6.60. The van der Waals surface area contributed by atoms with Crippen LogP contribution in [0.2, 0.25) is 0 Å². The van der Waals surface area contributed by atoms with Crippen molar-refractivity contribution in [1.29, 1.82) is 0 Å². The number of aliphatic carboxylic acids is 1. The third-order valence-electron chi connectivity index (χ3n) is 2.19. The Balaban J connectivity index is 3.07. The normalized spacial score (nSPS) is 10.1. The second-order valence-electron chi connectivity index (χ2n) is 3.40. The van der Waals surface area contributed by atoms with Crippen molar-refractivity contribution in [2.45, 2.75) is 0 Å². The van der Waals surface area contributed by atoms with Crippen LogP contribution in [0, 0.1) is 0 Å². The molecule has 8 nitrogen and oxygen atoms in total. The molecule has 0 radical (unpaired) electrons. The summed E-state index contributed by atoms with van der Waals surface area (Å²) in [4.78, 5) is 30.0. The van der Waals surface area contributed by atoms with Crippen molar-refractivity contribution in [2.24, 2.45) is 0 Å². The lowest BCUT2D eigenvalue weighted by Gasteiger charge is -2.22. The molecule has 0 aromatic carbocycles. The van der Waals surface area contributed by atoms with E-state index < -0.39 is 11.5 Å². The molecule has 0 amide bonds. The first-order valence-electron chi connectivity index (χ1n) is 5.17. The number of methoxy groups -OCH3 is 2. The number of nitrogens with zero attached hydrogens (tertiary/aromatic N) is 2. The number of aromatic amines is 1. The van der Waals surface area contributed by atoms with E-state index >= 15 is 0 Å². The average Bonchev–Trinajstić information content (AvgIpc) is 2.33. The highest BCUT2D eigenvalue weighted by Gasteiger charge is 2.18. The number of hydrogen-bond acceptors (Lipinski definition) is 6. The van der Waals surface area contributed by atoms with Crippen LogP contribution in [0.15, 0.2) is 11.1 Å². The van der Waals surface area contributed by atoms with E-state index in [4.69, 9.17) is 14.6 Å². The van der Waals surface area contributed by atoms with Crippen LogP contribution in [0.25, 0.3) is 0 Å². The average molecular weight is 257 g/mol. The quantitative estimate of drug-likeness (QED) is 0.666. The number of aromatic nitrogens is 2. The molecule has 18 heavy (non-hydrogen) atoms. The number of rotatable bonds is 7. The number of carboxylic acids is 1. The minimum atomic E-state index is -1.03. The summed E-state index contributed by atoms with van der Waals surface area (Å²) in [6.07, 6.45) is 1.20. The van der Waals surface area contributed by atoms with Gasteiger partial charge in [-0.1, -0.05) is 0 Å². The third-order valence-corrected chi connectivity index (χ3v) is 2.19. The van der Waals surface area contributed by atoms with Gasteiger partial charge in [-0.2, -0.15) is 0 Å². The van der Waals surface area contributed by atoms with Crippen molar-refractivity contribution >= 4 is 11.8 Å². The van der Waals surface area contributed by atoms with Crippen LogP contribution in [0.3, 0.4) is 0 Å². The highest BCUT2D eigenvalue weighted by atomic mass is 16.5. The zero-order chi connectivity index (χ0) is 13.5. The molecule has 0 unspecified atom stereocenters. The Labute approximate surface area is 103 Å². The lowest BCUT2D eigenvalue weighted by atomic mass is 10.4. The fourth-order valence-electron chi connectivity index (χ4n) is 1.41. The minimum absolute atomic E-state index is 0.0187. The number of anilines is 1. The molecule has 0 saturated carbocycles. The van der Waals surface area contributed by atoms with Gasteiger partial charge in [-0.15, -0.1) is 0 Å². The van der Waals surface area contributed by atoms with E-state index in [1.54, 1.807) is 0 Å². The van der Waals surface area contributed by atoms with E-state index in [-0.39, 0.29) is 24.7 Å². The zero-order valence-corrected chi connectivity index (χ0v) is 10.2. The van der Waals surface area contributed by atoms with Crippen molar-refractivity contribution in [3.05, 3.63) is 16.7 Å². The van der Waals surface area contributed by atoms with Gasteiger partial charge in [0, 0.05) is 13.7 Å². The van der Waals surface area contributed by atoms with Gasteiger partial charge in [0.15, 0.2) is 5.82 Å². The Morgan fingerprint density at radius 1 is 1.56 bits per heavy atom. The van der Waals surface area contributed by atoms with Gasteiger partial charge in [-0.3, -0.25) is 9.59 Å². The van der Waals surface area contributed by atoms with Crippen LogP contribution in [-0.4, -0.2) is 55.0 Å². The standard InChI is InChI=1S/C10H15N3O5/c1-17-4-3-13(5-7(14)15)9-8(18-2)10(16)12-6-11-9/h6H,3-5H2,1-2H3,(H,14,15)(H,11,12,16). The van der Waals surface area contributed by atoms with Gasteiger partial charge in [0.05, 0.1) is 20.0 Å². The molecule has 0 saturated heterocycles. The molecule has 0 aliphatic heterocycles. The van der Waals surface area contributed by atoms with E-state index in [1.165, 1.54) is 25.4 Å². The van der Waals surface area contributed by atoms with E-state index in [9.17, 15) is 9.59 Å². The molecule has 1 aromatic rings. The predicted molar refractivity (Wildman–Crippen MR) is 63.1 cm³/mol. The van der Waals surface area contributed by atoms with Crippen molar-refractivity contribution in [3.8, 4) is 5.75 Å². The molecular formula is C10H15N3O5. The Hall–Kier alpha value is -2.09. The first-order valence-corrected chi connectivity index (χ1v) is 5.17. The Morgan fingerprint density at radius 2 is 2.28 bits per heavy atom.